The summed E-state index contributed by atoms with van der Waals surface area (Å²) in [5.74, 6) is 0.590. The van der Waals surface area contributed by atoms with Crippen molar-refractivity contribution < 1.29 is 4.74 Å². The third-order valence-corrected chi connectivity index (χ3v) is 3.65. The highest BCUT2D eigenvalue weighted by molar-refractivity contribution is 9.09. The molecule has 1 rings (SSSR count). The maximum Gasteiger partial charge on any atom is 0.0731 e. The molecule has 1 unspecified atom stereocenters. The van der Waals surface area contributed by atoms with Crippen molar-refractivity contribution in [3.8, 4) is 0 Å². The quantitative estimate of drug-likeness (QED) is 0.711. The predicted octanol–water partition coefficient (Wildman–Crippen LogP) is 4.28. The Morgan fingerprint density at radius 3 is 2.73 bits per heavy atom. The smallest absolute Gasteiger partial charge is 0.0731 e. The third kappa shape index (κ3) is 4.54. The maximum atomic E-state index is 6.02. The Morgan fingerprint density at radius 2 is 2.13 bits per heavy atom. The Bertz CT molecular complexity index is 287. The average molecular weight is 292 g/mol. The molecule has 1 atom stereocenters. The first-order valence-electron chi connectivity index (χ1n) is 5.15. The number of ether oxygens (including phenoxy) is 1. The standard InChI is InChI=1S/C12H16BrClO/c1-2-10(7-13)8-15-9-11-5-3-4-6-12(11)14/h3-6,10H,2,7-9H2,1H3. The van der Waals surface area contributed by atoms with Gasteiger partial charge in [-0.05, 0) is 17.5 Å². The van der Waals surface area contributed by atoms with Crippen LogP contribution in [0.4, 0.5) is 0 Å². The van der Waals surface area contributed by atoms with Crippen LogP contribution in [0.15, 0.2) is 24.3 Å². The highest BCUT2D eigenvalue weighted by Gasteiger charge is 2.05. The molecule has 0 aliphatic heterocycles. The van der Waals surface area contributed by atoms with Gasteiger partial charge in [0.1, 0.15) is 0 Å². The Kier molecular flexibility index (Phi) is 6.30. The minimum absolute atomic E-state index is 0.590. The van der Waals surface area contributed by atoms with Crippen LogP contribution in [0.25, 0.3) is 0 Å². The van der Waals surface area contributed by atoms with Gasteiger partial charge in [-0.25, -0.2) is 0 Å². The van der Waals surface area contributed by atoms with Crippen molar-refractivity contribution in [3.05, 3.63) is 34.9 Å². The maximum absolute atomic E-state index is 6.02. The number of hydrogen-bond acceptors (Lipinski definition) is 1. The summed E-state index contributed by atoms with van der Waals surface area (Å²) in [6.07, 6.45) is 1.13. The van der Waals surface area contributed by atoms with E-state index in [-0.39, 0.29) is 0 Å². The normalized spacial score (nSPS) is 12.7. The Hall–Kier alpha value is -0.0500. The van der Waals surface area contributed by atoms with Crippen molar-refractivity contribution in [3.63, 3.8) is 0 Å². The largest absolute Gasteiger partial charge is 0.376 e. The van der Waals surface area contributed by atoms with Crippen LogP contribution < -0.4 is 0 Å². The molecule has 0 bridgehead atoms. The summed E-state index contributed by atoms with van der Waals surface area (Å²) in [6.45, 7) is 3.56. The summed E-state index contributed by atoms with van der Waals surface area (Å²) in [5.41, 5.74) is 1.06. The molecule has 0 aliphatic rings. The summed E-state index contributed by atoms with van der Waals surface area (Å²) in [6, 6.07) is 7.80. The van der Waals surface area contributed by atoms with Gasteiger partial charge in [0.25, 0.3) is 0 Å². The summed E-state index contributed by atoms with van der Waals surface area (Å²) in [7, 11) is 0. The summed E-state index contributed by atoms with van der Waals surface area (Å²) in [4.78, 5) is 0. The summed E-state index contributed by atoms with van der Waals surface area (Å²) < 4.78 is 5.63. The van der Waals surface area contributed by atoms with Crippen LogP contribution in [0.5, 0.6) is 0 Å². The predicted molar refractivity (Wildman–Crippen MR) is 68.7 cm³/mol. The lowest BCUT2D eigenvalue weighted by Gasteiger charge is -2.12. The van der Waals surface area contributed by atoms with Gasteiger partial charge in [0, 0.05) is 10.4 Å². The van der Waals surface area contributed by atoms with Crippen LogP contribution in [-0.4, -0.2) is 11.9 Å². The van der Waals surface area contributed by atoms with Gasteiger partial charge in [0.05, 0.1) is 13.2 Å². The summed E-state index contributed by atoms with van der Waals surface area (Å²) in [5, 5.41) is 1.77. The molecule has 0 spiro atoms. The first-order chi connectivity index (χ1) is 7.27. The van der Waals surface area contributed by atoms with Crippen LogP contribution in [0.2, 0.25) is 5.02 Å². The Labute approximate surface area is 105 Å². The van der Waals surface area contributed by atoms with Crippen molar-refractivity contribution in [1.29, 1.82) is 0 Å². The molecule has 0 fully saturated rings. The highest BCUT2D eigenvalue weighted by atomic mass is 79.9. The van der Waals surface area contributed by atoms with Gasteiger partial charge in [-0.1, -0.05) is 59.1 Å². The van der Waals surface area contributed by atoms with Crippen molar-refractivity contribution in [2.24, 2.45) is 5.92 Å². The van der Waals surface area contributed by atoms with Crippen LogP contribution in [-0.2, 0) is 11.3 Å². The molecule has 0 aliphatic carbocycles. The molecule has 1 aromatic rings. The molecule has 3 heteroatoms. The number of benzene rings is 1. The van der Waals surface area contributed by atoms with Gasteiger partial charge < -0.3 is 4.74 Å². The number of rotatable bonds is 6. The second-order valence-electron chi connectivity index (χ2n) is 3.54. The van der Waals surface area contributed by atoms with E-state index >= 15 is 0 Å². The third-order valence-electron chi connectivity index (χ3n) is 2.36. The molecule has 0 heterocycles. The van der Waals surface area contributed by atoms with E-state index < -0.39 is 0 Å². The topological polar surface area (TPSA) is 9.23 Å². The van der Waals surface area contributed by atoms with E-state index in [2.05, 4.69) is 22.9 Å². The Morgan fingerprint density at radius 1 is 1.40 bits per heavy atom. The van der Waals surface area contributed by atoms with Crippen molar-refractivity contribution in [2.75, 3.05) is 11.9 Å². The first kappa shape index (κ1) is 13.0. The molecular weight excluding hydrogens is 275 g/mol. The SMILES string of the molecule is CCC(CBr)COCc1ccccc1Cl. The van der Waals surface area contributed by atoms with Gasteiger partial charge in [0.2, 0.25) is 0 Å². The van der Waals surface area contributed by atoms with Crippen LogP contribution in [0, 0.1) is 5.92 Å². The first-order valence-corrected chi connectivity index (χ1v) is 6.65. The minimum atomic E-state index is 0.590. The van der Waals surface area contributed by atoms with Crippen LogP contribution in [0.3, 0.4) is 0 Å². The zero-order chi connectivity index (χ0) is 11.1. The van der Waals surface area contributed by atoms with Gasteiger partial charge >= 0.3 is 0 Å². The second-order valence-corrected chi connectivity index (χ2v) is 4.59. The molecule has 0 amide bonds. The fourth-order valence-electron chi connectivity index (χ4n) is 1.22. The number of alkyl halides is 1. The molecule has 15 heavy (non-hydrogen) atoms. The summed E-state index contributed by atoms with van der Waals surface area (Å²) >= 11 is 9.49. The van der Waals surface area contributed by atoms with E-state index in [1.807, 2.05) is 24.3 Å². The van der Waals surface area contributed by atoms with Gasteiger partial charge in [-0.15, -0.1) is 0 Å². The molecule has 0 N–H and O–H groups in total. The van der Waals surface area contributed by atoms with Crippen LogP contribution >= 0.6 is 27.5 Å². The lowest BCUT2D eigenvalue weighted by molar-refractivity contribution is 0.0927. The van der Waals surface area contributed by atoms with E-state index in [4.69, 9.17) is 16.3 Å². The lowest BCUT2D eigenvalue weighted by Crippen LogP contribution is -2.10. The van der Waals surface area contributed by atoms with E-state index in [1.54, 1.807) is 0 Å². The number of hydrogen-bond donors (Lipinski definition) is 0. The zero-order valence-corrected chi connectivity index (χ0v) is 11.2. The minimum Gasteiger partial charge on any atom is -0.376 e. The molecule has 0 saturated heterocycles. The second kappa shape index (κ2) is 7.26. The van der Waals surface area contributed by atoms with E-state index in [0.717, 1.165) is 28.9 Å². The van der Waals surface area contributed by atoms with Gasteiger partial charge in [-0.2, -0.15) is 0 Å². The van der Waals surface area contributed by atoms with Crippen molar-refractivity contribution >= 4 is 27.5 Å². The van der Waals surface area contributed by atoms with E-state index in [1.165, 1.54) is 0 Å². The fraction of sp³-hybridized carbons (Fsp3) is 0.500. The molecule has 0 saturated carbocycles. The highest BCUT2D eigenvalue weighted by Crippen LogP contribution is 2.16. The average Bonchev–Trinajstić information content (AvgIpc) is 2.27. The molecule has 0 aromatic heterocycles. The fourth-order valence-corrected chi connectivity index (χ4v) is 2.06. The molecule has 0 radical (unpaired) electrons. The van der Waals surface area contributed by atoms with Crippen LogP contribution in [0.1, 0.15) is 18.9 Å². The van der Waals surface area contributed by atoms with Crippen molar-refractivity contribution in [1.82, 2.24) is 0 Å². The van der Waals surface area contributed by atoms with Crippen molar-refractivity contribution in [2.45, 2.75) is 20.0 Å². The van der Waals surface area contributed by atoms with Gasteiger partial charge in [-0.3, -0.25) is 0 Å². The van der Waals surface area contributed by atoms with E-state index in [0.29, 0.717) is 12.5 Å². The molecule has 84 valence electrons. The zero-order valence-electron chi connectivity index (χ0n) is 8.88. The Balaban J connectivity index is 2.34. The van der Waals surface area contributed by atoms with Gasteiger partial charge in [0.15, 0.2) is 0 Å². The molecule has 1 aromatic carbocycles. The molecular formula is C12H16BrClO. The number of halogens is 2. The monoisotopic (exact) mass is 290 g/mol. The van der Waals surface area contributed by atoms with E-state index in [9.17, 15) is 0 Å². The lowest BCUT2D eigenvalue weighted by atomic mass is 10.1. The molecule has 1 nitrogen and oxygen atoms in total.